The van der Waals surface area contributed by atoms with Crippen LogP contribution in [-0.2, 0) is 9.53 Å². The van der Waals surface area contributed by atoms with Crippen LogP contribution in [0.2, 0.25) is 0 Å². The van der Waals surface area contributed by atoms with E-state index in [2.05, 4.69) is 0 Å². The molecule has 0 amide bonds. The first kappa shape index (κ1) is 15.7. The topological polar surface area (TPSA) is 55.6 Å². The molecule has 1 aliphatic rings. The van der Waals surface area contributed by atoms with E-state index in [4.69, 9.17) is 10.5 Å². The molecule has 0 spiro atoms. The number of esters is 1. The molecular weight excluding hydrogens is 271 g/mol. The second kappa shape index (κ2) is 6.21. The van der Waals surface area contributed by atoms with Crippen LogP contribution in [0.3, 0.4) is 0 Å². The number of rotatable bonds is 2. The molecule has 0 atom stereocenters. The number of piperidine rings is 1. The molecule has 0 saturated carbocycles. The fraction of sp³-hybridized carbons (Fsp3) is 0.462. The van der Waals surface area contributed by atoms with E-state index in [1.54, 1.807) is 6.07 Å². The van der Waals surface area contributed by atoms with Crippen molar-refractivity contribution in [2.24, 2.45) is 5.73 Å². The molecule has 2 rings (SSSR count). The number of carbonyl (C=O) groups excluding carboxylic acids is 1. The van der Waals surface area contributed by atoms with Gasteiger partial charge in [0.1, 0.15) is 11.4 Å². The lowest BCUT2D eigenvalue weighted by molar-refractivity contribution is -0.147. The van der Waals surface area contributed by atoms with E-state index in [-0.39, 0.29) is 24.2 Å². The number of nitrogens with zero attached hydrogens (tertiary/aromatic N) is 1. The quantitative estimate of drug-likeness (QED) is 0.842. The molecule has 0 aliphatic carbocycles. The van der Waals surface area contributed by atoms with Crippen LogP contribution in [0, 0.1) is 5.82 Å². The Kier molecular flexibility index (Phi) is 5.14. The maximum atomic E-state index is 13.1. The van der Waals surface area contributed by atoms with Crippen molar-refractivity contribution in [1.29, 1.82) is 0 Å². The van der Waals surface area contributed by atoms with E-state index in [0.29, 0.717) is 25.9 Å². The molecule has 1 aromatic rings. The third kappa shape index (κ3) is 3.36. The lowest BCUT2D eigenvalue weighted by Crippen LogP contribution is -2.56. The van der Waals surface area contributed by atoms with Gasteiger partial charge in [-0.3, -0.25) is 4.79 Å². The zero-order valence-electron chi connectivity index (χ0n) is 10.8. The van der Waals surface area contributed by atoms with Gasteiger partial charge in [0.05, 0.1) is 7.11 Å². The molecular formula is C13H18ClFN2O2. The summed E-state index contributed by atoms with van der Waals surface area (Å²) in [6.07, 6.45) is 1.02. The summed E-state index contributed by atoms with van der Waals surface area (Å²) >= 11 is 0. The van der Waals surface area contributed by atoms with Crippen LogP contribution in [0.5, 0.6) is 0 Å². The van der Waals surface area contributed by atoms with Crippen molar-refractivity contribution in [2.45, 2.75) is 18.4 Å². The first-order chi connectivity index (χ1) is 8.55. The summed E-state index contributed by atoms with van der Waals surface area (Å²) in [5, 5.41) is 0. The highest BCUT2D eigenvalue weighted by Crippen LogP contribution is 2.25. The van der Waals surface area contributed by atoms with Crippen molar-refractivity contribution in [2.75, 3.05) is 25.1 Å². The maximum Gasteiger partial charge on any atom is 0.325 e. The monoisotopic (exact) mass is 288 g/mol. The molecule has 19 heavy (non-hydrogen) atoms. The Bertz CT molecular complexity index is 448. The van der Waals surface area contributed by atoms with Gasteiger partial charge in [-0.05, 0) is 31.0 Å². The van der Waals surface area contributed by atoms with Gasteiger partial charge in [-0.2, -0.15) is 0 Å². The van der Waals surface area contributed by atoms with Gasteiger partial charge in [0.25, 0.3) is 0 Å². The molecule has 1 heterocycles. The average Bonchev–Trinajstić information content (AvgIpc) is 2.38. The zero-order valence-corrected chi connectivity index (χ0v) is 11.6. The Morgan fingerprint density at radius 2 is 2.05 bits per heavy atom. The van der Waals surface area contributed by atoms with Crippen LogP contribution < -0.4 is 10.6 Å². The van der Waals surface area contributed by atoms with Crippen LogP contribution in [0.4, 0.5) is 10.1 Å². The predicted octanol–water partition coefficient (Wildman–Crippen LogP) is 1.72. The van der Waals surface area contributed by atoms with Gasteiger partial charge >= 0.3 is 5.97 Å². The fourth-order valence-electron chi connectivity index (χ4n) is 2.24. The Morgan fingerprint density at radius 1 is 1.42 bits per heavy atom. The fourth-order valence-corrected chi connectivity index (χ4v) is 2.24. The highest BCUT2D eigenvalue weighted by molar-refractivity contribution is 5.85. The first-order valence-corrected chi connectivity index (χ1v) is 5.93. The summed E-state index contributed by atoms with van der Waals surface area (Å²) in [5.74, 6) is -0.633. The van der Waals surface area contributed by atoms with E-state index >= 15 is 0 Å². The van der Waals surface area contributed by atoms with E-state index in [9.17, 15) is 9.18 Å². The number of nitrogens with two attached hydrogens (primary N) is 1. The Balaban J connectivity index is 0.00000180. The van der Waals surface area contributed by atoms with Crippen molar-refractivity contribution in [3.8, 4) is 0 Å². The summed E-state index contributed by atoms with van der Waals surface area (Å²) in [7, 11) is 1.34. The normalized spacial score (nSPS) is 17.5. The SMILES string of the molecule is COC(=O)C1(N)CCN(c2cccc(F)c2)CC1.Cl. The minimum absolute atomic E-state index is 0. The van der Waals surface area contributed by atoms with E-state index in [1.165, 1.54) is 19.2 Å². The lowest BCUT2D eigenvalue weighted by Gasteiger charge is -2.38. The standard InChI is InChI=1S/C13H17FN2O2.ClH/c1-18-12(17)13(15)5-7-16(8-6-13)11-4-2-3-10(14)9-11;/h2-4,9H,5-8,15H2,1H3;1H. The number of methoxy groups -OCH3 is 1. The number of anilines is 1. The third-order valence-corrected chi connectivity index (χ3v) is 3.42. The number of ether oxygens (including phenoxy) is 1. The van der Waals surface area contributed by atoms with E-state index in [1.807, 2.05) is 11.0 Å². The summed E-state index contributed by atoms with van der Waals surface area (Å²) in [6, 6.07) is 6.43. The van der Waals surface area contributed by atoms with Gasteiger partial charge < -0.3 is 15.4 Å². The molecule has 0 aromatic heterocycles. The van der Waals surface area contributed by atoms with Gasteiger partial charge in [0.2, 0.25) is 0 Å². The third-order valence-electron chi connectivity index (χ3n) is 3.42. The molecule has 106 valence electrons. The summed E-state index contributed by atoms with van der Waals surface area (Å²) in [5.41, 5.74) is 5.93. The summed E-state index contributed by atoms with van der Waals surface area (Å²) < 4.78 is 17.8. The van der Waals surface area contributed by atoms with Crippen molar-refractivity contribution >= 4 is 24.1 Å². The van der Waals surface area contributed by atoms with Crippen molar-refractivity contribution in [3.63, 3.8) is 0 Å². The minimum Gasteiger partial charge on any atom is -0.468 e. The number of benzene rings is 1. The number of halogens is 2. The molecule has 1 aromatic carbocycles. The van der Waals surface area contributed by atoms with Gasteiger partial charge in [-0.15, -0.1) is 12.4 Å². The van der Waals surface area contributed by atoms with Gasteiger partial charge in [-0.1, -0.05) is 6.07 Å². The Labute approximate surface area is 118 Å². The molecule has 0 unspecified atom stereocenters. The van der Waals surface area contributed by atoms with E-state index < -0.39 is 5.54 Å². The molecule has 1 aliphatic heterocycles. The second-order valence-corrected chi connectivity index (χ2v) is 4.61. The molecule has 6 heteroatoms. The largest absolute Gasteiger partial charge is 0.468 e. The van der Waals surface area contributed by atoms with Gasteiger partial charge in [0, 0.05) is 18.8 Å². The number of hydrogen-bond acceptors (Lipinski definition) is 4. The summed E-state index contributed by atoms with van der Waals surface area (Å²) in [4.78, 5) is 13.6. The maximum absolute atomic E-state index is 13.1. The van der Waals surface area contributed by atoms with E-state index in [0.717, 1.165) is 5.69 Å². The highest BCUT2D eigenvalue weighted by atomic mass is 35.5. The molecule has 0 bridgehead atoms. The Morgan fingerprint density at radius 3 is 2.58 bits per heavy atom. The second-order valence-electron chi connectivity index (χ2n) is 4.61. The average molecular weight is 289 g/mol. The molecule has 4 nitrogen and oxygen atoms in total. The van der Waals surface area contributed by atoms with Crippen LogP contribution in [0.1, 0.15) is 12.8 Å². The minimum atomic E-state index is -0.904. The van der Waals surface area contributed by atoms with Gasteiger partial charge in [-0.25, -0.2) is 4.39 Å². The van der Waals surface area contributed by atoms with Crippen molar-refractivity contribution in [1.82, 2.24) is 0 Å². The van der Waals surface area contributed by atoms with Gasteiger partial charge in [0.15, 0.2) is 0 Å². The van der Waals surface area contributed by atoms with Crippen LogP contribution >= 0.6 is 12.4 Å². The molecule has 1 saturated heterocycles. The number of hydrogen-bond donors (Lipinski definition) is 1. The molecule has 1 fully saturated rings. The van der Waals surface area contributed by atoms with Crippen LogP contribution in [0.15, 0.2) is 24.3 Å². The first-order valence-electron chi connectivity index (χ1n) is 5.93. The van der Waals surface area contributed by atoms with Crippen LogP contribution in [0.25, 0.3) is 0 Å². The predicted molar refractivity (Wildman–Crippen MR) is 74.0 cm³/mol. The highest BCUT2D eigenvalue weighted by Gasteiger charge is 2.38. The summed E-state index contributed by atoms with van der Waals surface area (Å²) in [6.45, 7) is 1.24. The van der Waals surface area contributed by atoms with Crippen molar-refractivity contribution < 1.29 is 13.9 Å². The lowest BCUT2D eigenvalue weighted by atomic mass is 9.88. The van der Waals surface area contributed by atoms with Crippen molar-refractivity contribution in [3.05, 3.63) is 30.1 Å². The Hall–Kier alpha value is -1.33. The molecule has 2 N–H and O–H groups in total. The number of carbonyl (C=O) groups is 1. The zero-order chi connectivity index (χ0) is 13.2. The smallest absolute Gasteiger partial charge is 0.325 e. The van der Waals surface area contributed by atoms with Crippen LogP contribution in [-0.4, -0.2) is 31.7 Å². The molecule has 0 radical (unpaired) electrons.